The van der Waals surface area contributed by atoms with Crippen LogP contribution in [-0.4, -0.2) is 17.2 Å². The number of allylic oxidation sites excluding steroid dienone is 1. The summed E-state index contributed by atoms with van der Waals surface area (Å²) in [4.78, 5) is 23.1. The second-order valence-electron chi connectivity index (χ2n) is 14.4. The number of carbonyl (C=O) groups is 1. The van der Waals surface area contributed by atoms with Crippen molar-refractivity contribution in [3.63, 3.8) is 0 Å². The Balaban J connectivity index is 1.21. The van der Waals surface area contributed by atoms with Crippen molar-refractivity contribution in [1.29, 1.82) is 0 Å². The number of nitrogens with zero attached hydrogens (tertiary/aromatic N) is 1. The Hall–Kier alpha value is -2.37. The van der Waals surface area contributed by atoms with E-state index in [-0.39, 0.29) is 23.0 Å². The molecule has 0 N–H and O–H groups in total. The van der Waals surface area contributed by atoms with Crippen molar-refractivity contribution in [3.8, 4) is 5.75 Å². The van der Waals surface area contributed by atoms with E-state index in [1.165, 1.54) is 74.8 Å². The third-order valence-electron chi connectivity index (χ3n) is 11.8. The summed E-state index contributed by atoms with van der Waals surface area (Å²) in [6.45, 7) is 12.4. The molecule has 220 valence electrons. The Morgan fingerprint density at radius 2 is 1.88 bits per heavy atom. The molecular weight excluding hydrogens is 502 g/mol. The van der Waals surface area contributed by atoms with E-state index in [0.717, 1.165) is 61.2 Å². The Morgan fingerprint density at radius 1 is 1.07 bits per heavy atom. The van der Waals surface area contributed by atoms with E-state index in [1.807, 2.05) is 0 Å². The van der Waals surface area contributed by atoms with Gasteiger partial charge in [0.15, 0.2) is 0 Å². The van der Waals surface area contributed by atoms with Crippen LogP contribution in [0.15, 0.2) is 35.9 Å². The number of carbonyl (C=O) groups excluding carboxylic acids is 1. The van der Waals surface area contributed by atoms with E-state index in [4.69, 9.17) is 9.47 Å². The number of non-ortho nitro benzene ring substituents is 1. The highest BCUT2D eigenvalue weighted by atomic mass is 16.7. The smallest absolute Gasteiger partial charge is 0.430 e. The molecule has 1 aromatic rings. The van der Waals surface area contributed by atoms with Crippen molar-refractivity contribution in [1.82, 2.24) is 0 Å². The van der Waals surface area contributed by atoms with Crippen LogP contribution < -0.4 is 4.74 Å². The molecule has 0 aliphatic heterocycles. The maximum Gasteiger partial charge on any atom is 0.514 e. The van der Waals surface area contributed by atoms with Crippen molar-refractivity contribution >= 4 is 11.8 Å². The van der Waals surface area contributed by atoms with Crippen LogP contribution >= 0.6 is 0 Å². The average molecular weight is 552 g/mol. The summed E-state index contributed by atoms with van der Waals surface area (Å²) >= 11 is 0. The first-order chi connectivity index (χ1) is 19.0. The predicted molar refractivity (Wildman–Crippen MR) is 157 cm³/mol. The van der Waals surface area contributed by atoms with Gasteiger partial charge < -0.3 is 9.47 Å². The van der Waals surface area contributed by atoms with Gasteiger partial charge in [0.05, 0.1) is 11.0 Å². The normalized spacial score (nSPS) is 35.6. The molecule has 1 aromatic carbocycles. The standard InChI is InChI=1S/C34H49NO5/c1-22(2)8-6-9-23(3)29-14-15-30-28-13-12-24-20-27(16-18-33(24,4)31(28)17-19-34(29,30)5)40-32(36)39-26-11-7-10-25(21-26)35(37)38/h7,10-12,21-23,27-31H,6,8-9,13-20H2,1-5H3/t23-,27+,28-,29+,30-,31-,33+,34+/m1/s1. The zero-order chi connectivity index (χ0) is 28.7. The number of nitro benzene ring substituents is 1. The zero-order valence-corrected chi connectivity index (χ0v) is 25.2. The Morgan fingerprint density at radius 3 is 2.62 bits per heavy atom. The van der Waals surface area contributed by atoms with Crippen molar-refractivity contribution in [3.05, 3.63) is 46.0 Å². The molecule has 3 saturated carbocycles. The molecule has 0 amide bonds. The molecule has 0 unspecified atom stereocenters. The summed E-state index contributed by atoms with van der Waals surface area (Å²) < 4.78 is 11.0. The number of ether oxygens (including phenoxy) is 2. The van der Waals surface area contributed by atoms with Crippen LogP contribution in [0.5, 0.6) is 5.75 Å². The van der Waals surface area contributed by atoms with Crippen LogP contribution in [0, 0.1) is 56.5 Å². The van der Waals surface area contributed by atoms with Crippen LogP contribution in [0.4, 0.5) is 10.5 Å². The molecule has 0 bridgehead atoms. The predicted octanol–water partition coefficient (Wildman–Crippen LogP) is 9.52. The molecule has 6 nitrogen and oxygen atoms in total. The number of rotatable bonds is 8. The SMILES string of the molecule is CC(C)CCC[C@@H](C)[C@@H]1CC[C@@H]2[C@H]3CC=C4C[C@@H](OC(=O)Oc5cccc([N+](=O)[O-])c5)CC[C@]4(C)[C@@H]3CC[C@]21C. The molecule has 4 aliphatic rings. The topological polar surface area (TPSA) is 78.7 Å². The van der Waals surface area contributed by atoms with Crippen LogP contribution in [0.1, 0.15) is 105 Å². The van der Waals surface area contributed by atoms with Crippen molar-refractivity contribution in [2.24, 2.45) is 46.3 Å². The van der Waals surface area contributed by atoms with E-state index < -0.39 is 11.1 Å². The minimum atomic E-state index is -0.781. The van der Waals surface area contributed by atoms with Crippen LogP contribution in [0.3, 0.4) is 0 Å². The fourth-order valence-corrected chi connectivity index (χ4v) is 9.67. The highest BCUT2D eigenvalue weighted by Crippen LogP contribution is 2.67. The molecule has 0 radical (unpaired) electrons. The molecular formula is C34H49NO5. The van der Waals surface area contributed by atoms with Gasteiger partial charge in [-0.3, -0.25) is 10.1 Å². The minimum absolute atomic E-state index is 0.113. The number of hydrogen-bond donors (Lipinski definition) is 0. The van der Waals surface area contributed by atoms with Crippen molar-refractivity contribution in [2.75, 3.05) is 0 Å². The van der Waals surface area contributed by atoms with Gasteiger partial charge in [0.25, 0.3) is 5.69 Å². The van der Waals surface area contributed by atoms with Gasteiger partial charge in [0.1, 0.15) is 11.9 Å². The Kier molecular flexibility index (Phi) is 8.37. The zero-order valence-electron chi connectivity index (χ0n) is 25.2. The quantitative estimate of drug-likeness (QED) is 0.106. The third kappa shape index (κ3) is 5.56. The van der Waals surface area contributed by atoms with Crippen molar-refractivity contribution < 1.29 is 19.2 Å². The molecule has 0 saturated heterocycles. The van der Waals surface area contributed by atoms with Crippen LogP contribution in [0.25, 0.3) is 0 Å². The molecule has 6 heteroatoms. The lowest BCUT2D eigenvalue weighted by Crippen LogP contribution is -2.51. The summed E-state index contributed by atoms with van der Waals surface area (Å²) in [7, 11) is 0. The molecule has 40 heavy (non-hydrogen) atoms. The minimum Gasteiger partial charge on any atom is -0.430 e. The highest BCUT2D eigenvalue weighted by Gasteiger charge is 2.59. The molecule has 0 heterocycles. The van der Waals surface area contributed by atoms with Gasteiger partial charge in [0.2, 0.25) is 0 Å². The molecule has 8 atom stereocenters. The average Bonchev–Trinajstić information content (AvgIpc) is 3.26. The lowest BCUT2D eigenvalue weighted by atomic mass is 9.47. The Labute approximate surface area is 240 Å². The van der Waals surface area contributed by atoms with Crippen LogP contribution in [0.2, 0.25) is 0 Å². The first kappa shape index (κ1) is 29.1. The highest BCUT2D eigenvalue weighted by molar-refractivity contribution is 5.64. The summed E-state index contributed by atoms with van der Waals surface area (Å²) in [6, 6.07) is 5.66. The monoisotopic (exact) mass is 551 g/mol. The van der Waals surface area contributed by atoms with Crippen molar-refractivity contribution in [2.45, 2.75) is 111 Å². The lowest BCUT2D eigenvalue weighted by molar-refractivity contribution is -0.384. The summed E-state index contributed by atoms with van der Waals surface area (Å²) in [5.41, 5.74) is 2.03. The number of nitro groups is 1. The summed E-state index contributed by atoms with van der Waals surface area (Å²) in [5, 5.41) is 11.0. The molecule has 0 aromatic heterocycles. The largest absolute Gasteiger partial charge is 0.514 e. The van der Waals surface area contributed by atoms with E-state index in [9.17, 15) is 14.9 Å². The molecule has 5 rings (SSSR count). The summed E-state index contributed by atoms with van der Waals surface area (Å²) in [6.07, 6.45) is 14.9. The fourth-order valence-electron chi connectivity index (χ4n) is 9.67. The molecule has 3 fully saturated rings. The van der Waals surface area contributed by atoms with Gasteiger partial charge in [-0.2, -0.15) is 0 Å². The lowest BCUT2D eigenvalue weighted by Gasteiger charge is -2.58. The van der Waals surface area contributed by atoms with Gasteiger partial charge in [-0.05, 0) is 97.3 Å². The van der Waals surface area contributed by atoms with E-state index in [1.54, 1.807) is 0 Å². The third-order valence-corrected chi connectivity index (χ3v) is 11.8. The maximum absolute atomic E-state index is 12.5. The van der Waals surface area contributed by atoms with Gasteiger partial charge in [-0.15, -0.1) is 0 Å². The first-order valence-electron chi connectivity index (χ1n) is 15.8. The van der Waals surface area contributed by atoms with E-state index in [2.05, 4.69) is 40.7 Å². The Bertz CT molecular complexity index is 1130. The van der Waals surface area contributed by atoms with Gasteiger partial charge in [0, 0.05) is 12.5 Å². The maximum atomic E-state index is 12.5. The number of benzene rings is 1. The molecule has 0 spiro atoms. The van der Waals surface area contributed by atoms with Gasteiger partial charge in [-0.1, -0.05) is 71.6 Å². The first-order valence-corrected chi connectivity index (χ1v) is 15.8. The van der Waals surface area contributed by atoms with Gasteiger partial charge in [-0.25, -0.2) is 4.79 Å². The number of hydrogen-bond acceptors (Lipinski definition) is 5. The van der Waals surface area contributed by atoms with Crippen LogP contribution in [-0.2, 0) is 4.74 Å². The van der Waals surface area contributed by atoms with E-state index >= 15 is 0 Å². The van der Waals surface area contributed by atoms with E-state index in [0.29, 0.717) is 5.41 Å². The molecule has 4 aliphatic carbocycles. The fraction of sp³-hybridized carbons (Fsp3) is 0.735. The van der Waals surface area contributed by atoms with Gasteiger partial charge >= 0.3 is 6.16 Å². The summed E-state index contributed by atoms with van der Waals surface area (Å²) in [5.74, 6) is 4.95. The second kappa shape index (κ2) is 11.5. The number of fused-ring (bicyclic) bond motifs is 5. The second-order valence-corrected chi connectivity index (χ2v) is 14.4.